The minimum atomic E-state index is -0.185. The first-order chi connectivity index (χ1) is 8.90. The number of amides is 1. The number of nitrogens with one attached hydrogen (secondary N) is 1. The van der Waals surface area contributed by atoms with Gasteiger partial charge in [0.05, 0.1) is 0 Å². The number of benzene rings is 1. The molecule has 0 aliphatic rings. The summed E-state index contributed by atoms with van der Waals surface area (Å²) in [5.41, 5.74) is 0.981. The predicted molar refractivity (Wildman–Crippen MR) is 75.4 cm³/mol. The van der Waals surface area contributed by atoms with Crippen LogP contribution in [0.5, 0.6) is 5.75 Å². The maximum absolute atomic E-state index is 11.2. The summed E-state index contributed by atoms with van der Waals surface area (Å²) in [5, 5.41) is 2.79. The number of hydrogen-bond donors (Lipinski definition) is 1. The first kappa shape index (κ1) is 15.5. The van der Waals surface area contributed by atoms with E-state index in [9.17, 15) is 4.79 Å². The highest BCUT2D eigenvalue weighted by Gasteiger charge is 2.11. The van der Waals surface area contributed by atoms with Gasteiger partial charge in [-0.2, -0.15) is 0 Å². The highest BCUT2D eigenvalue weighted by atomic mass is 16.5. The van der Waals surface area contributed by atoms with Crippen LogP contribution in [0.2, 0.25) is 0 Å². The highest BCUT2D eigenvalue weighted by molar-refractivity contribution is 5.77. The molecule has 4 nitrogen and oxygen atoms in total. The Balaban J connectivity index is 2.38. The van der Waals surface area contributed by atoms with Crippen molar-refractivity contribution in [2.24, 2.45) is 0 Å². The molecule has 0 atom stereocenters. The van der Waals surface area contributed by atoms with E-state index in [1.54, 1.807) is 0 Å². The van der Waals surface area contributed by atoms with Crippen LogP contribution in [0.3, 0.4) is 0 Å². The Hall–Kier alpha value is -1.55. The van der Waals surface area contributed by atoms with E-state index in [2.05, 4.69) is 5.32 Å². The summed E-state index contributed by atoms with van der Waals surface area (Å²) in [6.45, 7) is 6.78. The lowest BCUT2D eigenvalue weighted by atomic mass is 10.1. The molecule has 1 N–H and O–H groups in total. The molecule has 4 heteroatoms. The largest absolute Gasteiger partial charge is 0.488 e. The number of carbonyl (C=O) groups is 1. The van der Waals surface area contributed by atoms with Crippen molar-refractivity contribution in [2.45, 2.75) is 32.8 Å². The van der Waals surface area contributed by atoms with Crippen LogP contribution in [-0.2, 0) is 16.0 Å². The van der Waals surface area contributed by atoms with Crippen molar-refractivity contribution in [3.05, 3.63) is 29.8 Å². The summed E-state index contributed by atoms with van der Waals surface area (Å²) in [7, 11) is 1.51. The molecular weight excluding hydrogens is 242 g/mol. The van der Waals surface area contributed by atoms with Gasteiger partial charge in [0, 0.05) is 13.7 Å². The fraction of sp³-hybridized carbons (Fsp3) is 0.533. The Morgan fingerprint density at radius 2 is 1.84 bits per heavy atom. The molecule has 1 aromatic rings. The average molecular weight is 265 g/mol. The molecule has 19 heavy (non-hydrogen) atoms. The molecule has 0 fully saturated rings. The average Bonchev–Trinajstić information content (AvgIpc) is 2.30. The zero-order valence-electron chi connectivity index (χ0n) is 12.2. The van der Waals surface area contributed by atoms with Crippen LogP contribution < -0.4 is 10.1 Å². The molecule has 0 radical (unpaired) electrons. The first-order valence-electron chi connectivity index (χ1n) is 6.44. The zero-order valence-corrected chi connectivity index (χ0v) is 12.2. The lowest BCUT2D eigenvalue weighted by Crippen LogP contribution is -2.28. The molecule has 0 bridgehead atoms. The zero-order chi connectivity index (χ0) is 14.3. The van der Waals surface area contributed by atoms with Crippen LogP contribution in [0.25, 0.3) is 0 Å². The van der Waals surface area contributed by atoms with Gasteiger partial charge >= 0.3 is 0 Å². The maximum Gasteiger partial charge on any atom is 0.245 e. The Morgan fingerprint density at radius 1 is 1.21 bits per heavy atom. The van der Waals surface area contributed by atoms with E-state index in [1.807, 2.05) is 45.0 Å². The minimum absolute atomic E-state index is 0.0878. The molecule has 0 spiro atoms. The fourth-order valence-electron chi connectivity index (χ4n) is 1.61. The van der Waals surface area contributed by atoms with Crippen LogP contribution >= 0.6 is 0 Å². The normalized spacial score (nSPS) is 11.2. The quantitative estimate of drug-likeness (QED) is 0.857. The predicted octanol–water partition coefficient (Wildman–Crippen LogP) is 2.17. The van der Waals surface area contributed by atoms with E-state index >= 15 is 0 Å². The third-order valence-corrected chi connectivity index (χ3v) is 2.36. The third kappa shape index (κ3) is 6.82. The van der Waals surface area contributed by atoms with E-state index in [0.29, 0.717) is 6.54 Å². The molecule has 0 saturated heterocycles. The maximum atomic E-state index is 11.2. The summed E-state index contributed by atoms with van der Waals surface area (Å²) in [5.74, 6) is 0.773. The van der Waals surface area contributed by atoms with Gasteiger partial charge in [0.15, 0.2) is 0 Å². The molecule has 0 aliphatic heterocycles. The Bertz CT molecular complexity index is 393. The Morgan fingerprint density at radius 3 is 2.37 bits per heavy atom. The van der Waals surface area contributed by atoms with Gasteiger partial charge in [-0.05, 0) is 44.9 Å². The van der Waals surface area contributed by atoms with Gasteiger partial charge in [-0.25, -0.2) is 0 Å². The number of carbonyl (C=O) groups excluding carboxylic acids is 1. The molecule has 1 amide bonds. The highest BCUT2D eigenvalue weighted by Crippen LogP contribution is 2.18. The molecule has 0 heterocycles. The minimum Gasteiger partial charge on any atom is -0.488 e. The number of ether oxygens (including phenoxy) is 2. The molecule has 0 saturated carbocycles. The fourth-order valence-corrected chi connectivity index (χ4v) is 1.61. The first-order valence-corrected chi connectivity index (χ1v) is 6.44. The van der Waals surface area contributed by atoms with Crippen LogP contribution in [0.4, 0.5) is 0 Å². The Labute approximate surface area is 115 Å². The van der Waals surface area contributed by atoms with Crippen molar-refractivity contribution < 1.29 is 14.3 Å². The van der Waals surface area contributed by atoms with E-state index in [0.717, 1.165) is 12.2 Å². The Kier molecular flexibility index (Phi) is 5.83. The second-order valence-electron chi connectivity index (χ2n) is 5.39. The van der Waals surface area contributed by atoms with Crippen molar-refractivity contribution in [3.8, 4) is 5.75 Å². The summed E-state index contributed by atoms with van der Waals surface area (Å²) in [6, 6.07) is 7.95. The molecule has 106 valence electrons. The van der Waals surface area contributed by atoms with Crippen LogP contribution in [0, 0.1) is 0 Å². The van der Waals surface area contributed by atoms with Gasteiger partial charge in [0.25, 0.3) is 0 Å². The van der Waals surface area contributed by atoms with Crippen molar-refractivity contribution >= 4 is 5.91 Å². The molecule has 0 aliphatic carbocycles. The van der Waals surface area contributed by atoms with Crippen molar-refractivity contribution in [2.75, 3.05) is 20.3 Å². The molecule has 0 unspecified atom stereocenters. The molecular formula is C15H23NO3. The standard InChI is InChI=1S/C15H23NO3/c1-15(2,3)19-13-7-5-12(6-8-13)9-10-16-14(17)11-18-4/h5-8H,9-11H2,1-4H3,(H,16,17). The van der Waals surface area contributed by atoms with Crippen LogP contribution in [0.15, 0.2) is 24.3 Å². The second kappa shape index (κ2) is 7.14. The van der Waals surface area contributed by atoms with Gasteiger partial charge in [-0.1, -0.05) is 12.1 Å². The van der Waals surface area contributed by atoms with E-state index in [-0.39, 0.29) is 18.1 Å². The summed E-state index contributed by atoms with van der Waals surface area (Å²) in [4.78, 5) is 11.2. The number of methoxy groups -OCH3 is 1. The van der Waals surface area contributed by atoms with Gasteiger partial charge in [-0.3, -0.25) is 4.79 Å². The topological polar surface area (TPSA) is 47.6 Å². The lowest BCUT2D eigenvalue weighted by molar-refractivity contribution is -0.124. The van der Waals surface area contributed by atoms with Gasteiger partial charge in [-0.15, -0.1) is 0 Å². The molecule has 0 aromatic heterocycles. The van der Waals surface area contributed by atoms with Gasteiger partial charge < -0.3 is 14.8 Å². The van der Waals surface area contributed by atoms with Gasteiger partial charge in [0.1, 0.15) is 18.0 Å². The number of hydrogen-bond acceptors (Lipinski definition) is 3. The SMILES string of the molecule is COCC(=O)NCCc1ccc(OC(C)(C)C)cc1. The second-order valence-corrected chi connectivity index (χ2v) is 5.39. The lowest BCUT2D eigenvalue weighted by Gasteiger charge is -2.21. The smallest absolute Gasteiger partial charge is 0.245 e. The molecule has 1 aromatic carbocycles. The van der Waals surface area contributed by atoms with E-state index in [4.69, 9.17) is 9.47 Å². The summed E-state index contributed by atoms with van der Waals surface area (Å²) < 4.78 is 10.5. The summed E-state index contributed by atoms with van der Waals surface area (Å²) in [6.07, 6.45) is 0.797. The van der Waals surface area contributed by atoms with Crippen molar-refractivity contribution in [3.63, 3.8) is 0 Å². The van der Waals surface area contributed by atoms with E-state index in [1.165, 1.54) is 12.7 Å². The summed E-state index contributed by atoms with van der Waals surface area (Å²) >= 11 is 0. The van der Waals surface area contributed by atoms with Crippen molar-refractivity contribution in [1.82, 2.24) is 5.32 Å². The van der Waals surface area contributed by atoms with E-state index < -0.39 is 0 Å². The van der Waals surface area contributed by atoms with Crippen LogP contribution in [0.1, 0.15) is 26.3 Å². The third-order valence-electron chi connectivity index (χ3n) is 2.36. The van der Waals surface area contributed by atoms with Crippen molar-refractivity contribution in [1.29, 1.82) is 0 Å². The molecule has 1 rings (SSSR count). The van der Waals surface area contributed by atoms with Crippen LogP contribution in [-0.4, -0.2) is 31.8 Å². The monoisotopic (exact) mass is 265 g/mol. The number of rotatable bonds is 6. The van der Waals surface area contributed by atoms with Gasteiger partial charge in [0.2, 0.25) is 5.91 Å².